The second kappa shape index (κ2) is 5.53. The molecule has 1 aromatic heterocycles. The van der Waals surface area contributed by atoms with Crippen molar-refractivity contribution < 1.29 is 0 Å². The molecular formula is C13H24BrN3. The van der Waals surface area contributed by atoms with Crippen LogP contribution >= 0.6 is 15.9 Å². The Morgan fingerprint density at radius 2 is 1.94 bits per heavy atom. The van der Waals surface area contributed by atoms with Crippen LogP contribution in [0.15, 0.2) is 4.47 Å². The number of halogens is 1. The van der Waals surface area contributed by atoms with Gasteiger partial charge in [0.25, 0.3) is 0 Å². The van der Waals surface area contributed by atoms with Crippen LogP contribution < -0.4 is 5.32 Å². The summed E-state index contributed by atoms with van der Waals surface area (Å²) in [6.07, 6.45) is 1.08. The summed E-state index contributed by atoms with van der Waals surface area (Å²) in [6.45, 7) is 13.9. The van der Waals surface area contributed by atoms with E-state index in [1.54, 1.807) is 0 Å². The van der Waals surface area contributed by atoms with E-state index < -0.39 is 0 Å². The zero-order valence-corrected chi connectivity index (χ0v) is 13.3. The fourth-order valence-corrected chi connectivity index (χ4v) is 2.09. The van der Waals surface area contributed by atoms with Gasteiger partial charge < -0.3 is 5.32 Å². The molecule has 1 aromatic rings. The molecule has 0 saturated carbocycles. The van der Waals surface area contributed by atoms with Crippen LogP contribution in [0.4, 0.5) is 0 Å². The van der Waals surface area contributed by atoms with Gasteiger partial charge in [0.05, 0.1) is 21.9 Å². The third-order valence-electron chi connectivity index (χ3n) is 2.92. The van der Waals surface area contributed by atoms with Crippen molar-refractivity contribution in [1.29, 1.82) is 0 Å². The third kappa shape index (κ3) is 3.81. The van der Waals surface area contributed by atoms with Gasteiger partial charge in [0.15, 0.2) is 0 Å². The van der Waals surface area contributed by atoms with Crippen molar-refractivity contribution in [2.24, 2.45) is 0 Å². The minimum Gasteiger partial charge on any atom is -0.310 e. The topological polar surface area (TPSA) is 29.9 Å². The SMILES string of the molecule is CCC(CNC(C)(C)C)n1nc(C)c(Br)c1C. The molecule has 0 aromatic carbocycles. The normalized spacial score (nSPS) is 14.1. The average molecular weight is 302 g/mol. The number of aryl methyl sites for hydroxylation is 1. The number of aromatic nitrogens is 2. The van der Waals surface area contributed by atoms with Crippen molar-refractivity contribution in [3.63, 3.8) is 0 Å². The van der Waals surface area contributed by atoms with E-state index in [-0.39, 0.29) is 5.54 Å². The number of rotatable bonds is 4. The zero-order valence-electron chi connectivity index (χ0n) is 11.8. The Kier molecular flexibility index (Phi) is 4.78. The highest BCUT2D eigenvalue weighted by atomic mass is 79.9. The summed E-state index contributed by atoms with van der Waals surface area (Å²) in [6, 6.07) is 0.416. The van der Waals surface area contributed by atoms with Gasteiger partial charge in [-0.2, -0.15) is 5.10 Å². The van der Waals surface area contributed by atoms with Gasteiger partial charge >= 0.3 is 0 Å². The van der Waals surface area contributed by atoms with Gasteiger partial charge in [0, 0.05) is 12.1 Å². The van der Waals surface area contributed by atoms with Crippen LogP contribution in [-0.2, 0) is 0 Å². The smallest absolute Gasteiger partial charge is 0.0738 e. The highest BCUT2D eigenvalue weighted by Crippen LogP contribution is 2.24. The first kappa shape index (κ1) is 14.7. The zero-order chi connectivity index (χ0) is 13.2. The first-order valence-corrected chi connectivity index (χ1v) is 7.01. The molecule has 1 heterocycles. The fraction of sp³-hybridized carbons (Fsp3) is 0.769. The number of hydrogen-bond donors (Lipinski definition) is 1. The predicted octanol–water partition coefficient (Wildman–Crippen LogP) is 3.60. The van der Waals surface area contributed by atoms with Crippen LogP contribution in [0, 0.1) is 13.8 Å². The van der Waals surface area contributed by atoms with Gasteiger partial charge in [-0.15, -0.1) is 0 Å². The van der Waals surface area contributed by atoms with E-state index in [2.05, 4.69) is 65.6 Å². The lowest BCUT2D eigenvalue weighted by Crippen LogP contribution is -2.40. The summed E-state index contributed by atoms with van der Waals surface area (Å²) in [5.41, 5.74) is 2.43. The van der Waals surface area contributed by atoms with Crippen LogP contribution in [0.25, 0.3) is 0 Å². The molecular weight excluding hydrogens is 278 g/mol. The van der Waals surface area contributed by atoms with Gasteiger partial charge in [-0.1, -0.05) is 6.92 Å². The molecule has 0 radical (unpaired) electrons. The fourth-order valence-electron chi connectivity index (χ4n) is 1.83. The van der Waals surface area contributed by atoms with Crippen molar-refractivity contribution >= 4 is 15.9 Å². The highest BCUT2D eigenvalue weighted by Gasteiger charge is 2.18. The average Bonchev–Trinajstić information content (AvgIpc) is 2.46. The van der Waals surface area contributed by atoms with E-state index in [9.17, 15) is 0 Å². The van der Waals surface area contributed by atoms with Crippen molar-refractivity contribution in [3.05, 3.63) is 15.9 Å². The van der Waals surface area contributed by atoms with E-state index in [1.165, 1.54) is 5.69 Å². The molecule has 1 N–H and O–H groups in total. The first-order chi connectivity index (χ1) is 7.76. The maximum Gasteiger partial charge on any atom is 0.0738 e. The summed E-state index contributed by atoms with van der Waals surface area (Å²) in [7, 11) is 0. The second-order valence-corrected chi connectivity index (χ2v) is 6.42. The summed E-state index contributed by atoms with van der Waals surface area (Å²) in [5, 5.41) is 8.16. The third-order valence-corrected chi connectivity index (χ3v) is 4.07. The Morgan fingerprint density at radius 1 is 1.35 bits per heavy atom. The van der Waals surface area contributed by atoms with Crippen LogP contribution in [0.1, 0.15) is 51.5 Å². The van der Waals surface area contributed by atoms with Crippen molar-refractivity contribution in [1.82, 2.24) is 15.1 Å². The van der Waals surface area contributed by atoms with Gasteiger partial charge in [0.2, 0.25) is 0 Å². The minimum atomic E-state index is 0.154. The lowest BCUT2D eigenvalue weighted by atomic mass is 10.1. The number of nitrogens with zero attached hydrogens (tertiary/aromatic N) is 2. The maximum atomic E-state index is 4.61. The number of hydrogen-bond acceptors (Lipinski definition) is 2. The van der Waals surface area contributed by atoms with E-state index in [0.717, 1.165) is 23.1 Å². The van der Waals surface area contributed by atoms with Crippen molar-refractivity contribution in [2.75, 3.05) is 6.54 Å². The monoisotopic (exact) mass is 301 g/mol. The molecule has 0 aliphatic rings. The largest absolute Gasteiger partial charge is 0.310 e. The van der Waals surface area contributed by atoms with Crippen molar-refractivity contribution in [2.45, 2.75) is 59.5 Å². The van der Waals surface area contributed by atoms with E-state index >= 15 is 0 Å². The molecule has 98 valence electrons. The minimum absolute atomic E-state index is 0.154. The Balaban J connectivity index is 2.83. The van der Waals surface area contributed by atoms with Gasteiger partial charge in [-0.25, -0.2) is 0 Å². The molecule has 1 unspecified atom stereocenters. The lowest BCUT2D eigenvalue weighted by molar-refractivity contribution is 0.341. The molecule has 0 fully saturated rings. The molecule has 1 atom stereocenters. The Morgan fingerprint density at radius 3 is 2.29 bits per heavy atom. The standard InChI is InChI=1S/C13H24BrN3/c1-7-11(8-15-13(4,5)6)17-10(3)12(14)9(2)16-17/h11,15H,7-8H2,1-6H3. The van der Waals surface area contributed by atoms with Gasteiger partial charge in [0.1, 0.15) is 0 Å². The van der Waals surface area contributed by atoms with Crippen LogP contribution in [0.5, 0.6) is 0 Å². The molecule has 0 amide bonds. The van der Waals surface area contributed by atoms with Crippen LogP contribution in [0.2, 0.25) is 0 Å². The summed E-state index contributed by atoms with van der Waals surface area (Å²) < 4.78 is 3.27. The van der Waals surface area contributed by atoms with Crippen LogP contribution in [0.3, 0.4) is 0 Å². The molecule has 17 heavy (non-hydrogen) atoms. The molecule has 4 heteroatoms. The van der Waals surface area contributed by atoms with E-state index in [1.807, 2.05) is 6.92 Å². The van der Waals surface area contributed by atoms with Gasteiger partial charge in [-0.3, -0.25) is 4.68 Å². The molecule has 3 nitrogen and oxygen atoms in total. The van der Waals surface area contributed by atoms with Crippen LogP contribution in [-0.4, -0.2) is 21.9 Å². The predicted molar refractivity (Wildman–Crippen MR) is 76.5 cm³/mol. The molecule has 0 spiro atoms. The Labute approximate surface area is 113 Å². The molecule has 1 rings (SSSR count). The van der Waals surface area contributed by atoms with Gasteiger partial charge in [-0.05, 0) is 57.0 Å². The molecule has 0 bridgehead atoms. The quantitative estimate of drug-likeness (QED) is 0.921. The molecule has 0 saturated heterocycles. The maximum absolute atomic E-state index is 4.61. The highest BCUT2D eigenvalue weighted by molar-refractivity contribution is 9.10. The van der Waals surface area contributed by atoms with E-state index in [4.69, 9.17) is 0 Å². The summed E-state index contributed by atoms with van der Waals surface area (Å²) in [4.78, 5) is 0. The van der Waals surface area contributed by atoms with E-state index in [0.29, 0.717) is 6.04 Å². The Hall–Kier alpha value is -0.350. The first-order valence-electron chi connectivity index (χ1n) is 6.22. The molecule has 0 aliphatic heterocycles. The molecule has 0 aliphatic carbocycles. The summed E-state index contributed by atoms with van der Waals surface area (Å²) >= 11 is 3.58. The van der Waals surface area contributed by atoms with Crippen molar-refractivity contribution in [3.8, 4) is 0 Å². The Bertz CT molecular complexity index is 377. The number of nitrogens with one attached hydrogen (secondary N) is 1. The second-order valence-electron chi connectivity index (χ2n) is 5.62. The summed E-state index contributed by atoms with van der Waals surface area (Å²) in [5.74, 6) is 0. The lowest BCUT2D eigenvalue weighted by Gasteiger charge is -2.25.